The number of carboxylic acid groups (broad SMARTS) is 1. The van der Waals surface area contributed by atoms with Crippen molar-refractivity contribution in [2.24, 2.45) is 0 Å². The SMILES string of the molecule is CCCn1cc(NS(=O)(=O)C(C)C(=O)O)ccc1=O. The Hall–Kier alpha value is -1.83. The number of nitrogens with one attached hydrogen (secondary N) is 1. The lowest BCUT2D eigenvalue weighted by molar-refractivity contribution is -0.136. The van der Waals surface area contributed by atoms with Crippen molar-refractivity contribution < 1.29 is 18.3 Å². The Kier molecular flexibility index (Phi) is 4.71. The number of pyridine rings is 1. The van der Waals surface area contributed by atoms with Crippen molar-refractivity contribution in [1.82, 2.24) is 4.57 Å². The van der Waals surface area contributed by atoms with Crippen LogP contribution in [0.2, 0.25) is 0 Å². The number of carbonyl (C=O) groups is 1. The molecule has 0 saturated heterocycles. The molecule has 0 aliphatic heterocycles. The van der Waals surface area contributed by atoms with Crippen molar-refractivity contribution in [1.29, 1.82) is 0 Å². The van der Waals surface area contributed by atoms with Crippen LogP contribution in [0.4, 0.5) is 5.69 Å². The van der Waals surface area contributed by atoms with E-state index in [0.717, 1.165) is 13.3 Å². The number of aromatic nitrogens is 1. The molecule has 0 radical (unpaired) electrons. The minimum absolute atomic E-state index is 0.168. The summed E-state index contributed by atoms with van der Waals surface area (Å²) in [5, 5.41) is 7.13. The van der Waals surface area contributed by atoms with E-state index in [9.17, 15) is 18.0 Å². The number of nitrogens with zero attached hydrogens (tertiary/aromatic N) is 1. The number of aryl methyl sites for hydroxylation is 1. The molecule has 1 aromatic rings. The Morgan fingerprint density at radius 2 is 2.11 bits per heavy atom. The van der Waals surface area contributed by atoms with Gasteiger partial charge in [-0.15, -0.1) is 0 Å². The Labute approximate surface area is 110 Å². The summed E-state index contributed by atoms with van der Waals surface area (Å²) >= 11 is 0. The van der Waals surface area contributed by atoms with Gasteiger partial charge in [0.15, 0.2) is 5.25 Å². The van der Waals surface area contributed by atoms with Crippen LogP contribution in [-0.2, 0) is 21.4 Å². The van der Waals surface area contributed by atoms with Gasteiger partial charge in [0.25, 0.3) is 5.56 Å². The van der Waals surface area contributed by atoms with Crippen molar-refractivity contribution in [3.8, 4) is 0 Å². The molecule has 0 fully saturated rings. The van der Waals surface area contributed by atoms with Gasteiger partial charge >= 0.3 is 5.97 Å². The summed E-state index contributed by atoms with van der Waals surface area (Å²) in [6.07, 6.45) is 2.08. The number of hydrogen-bond acceptors (Lipinski definition) is 4. The van der Waals surface area contributed by atoms with Gasteiger partial charge in [-0.05, 0) is 19.4 Å². The van der Waals surface area contributed by atoms with Crippen LogP contribution < -0.4 is 10.3 Å². The third kappa shape index (κ3) is 3.82. The van der Waals surface area contributed by atoms with Gasteiger partial charge in [0.05, 0.1) is 5.69 Å². The average Bonchev–Trinajstić information content (AvgIpc) is 2.32. The number of hydrogen-bond donors (Lipinski definition) is 2. The first-order valence-electron chi connectivity index (χ1n) is 5.73. The fourth-order valence-corrected chi connectivity index (χ4v) is 2.28. The normalized spacial score (nSPS) is 12.9. The number of sulfonamides is 1. The Morgan fingerprint density at radius 1 is 1.47 bits per heavy atom. The highest BCUT2D eigenvalue weighted by Gasteiger charge is 2.27. The third-order valence-corrected chi connectivity index (χ3v) is 4.17. The Morgan fingerprint density at radius 3 is 2.63 bits per heavy atom. The zero-order valence-electron chi connectivity index (χ0n) is 10.7. The molecule has 2 N–H and O–H groups in total. The number of anilines is 1. The van der Waals surface area contributed by atoms with E-state index in [1.165, 1.54) is 22.9 Å². The fourth-order valence-electron chi connectivity index (χ4n) is 1.39. The number of carboxylic acids is 1. The second-order valence-electron chi connectivity index (χ2n) is 4.08. The minimum Gasteiger partial charge on any atom is -0.480 e. The highest BCUT2D eigenvalue weighted by molar-refractivity contribution is 7.94. The molecular formula is C11H16N2O5S. The van der Waals surface area contributed by atoms with Gasteiger partial charge in [0.2, 0.25) is 10.0 Å². The molecular weight excluding hydrogens is 272 g/mol. The van der Waals surface area contributed by atoms with Crippen LogP contribution in [0.1, 0.15) is 20.3 Å². The molecule has 106 valence electrons. The predicted molar refractivity (Wildman–Crippen MR) is 70.6 cm³/mol. The first-order valence-corrected chi connectivity index (χ1v) is 7.27. The smallest absolute Gasteiger partial charge is 0.323 e. The van der Waals surface area contributed by atoms with Gasteiger partial charge in [-0.2, -0.15) is 0 Å². The van der Waals surface area contributed by atoms with Crippen LogP contribution in [0.15, 0.2) is 23.1 Å². The van der Waals surface area contributed by atoms with Crippen molar-refractivity contribution in [3.05, 3.63) is 28.7 Å². The maximum Gasteiger partial charge on any atom is 0.323 e. The average molecular weight is 288 g/mol. The molecule has 1 atom stereocenters. The van der Waals surface area contributed by atoms with Crippen molar-refractivity contribution in [2.45, 2.75) is 32.1 Å². The van der Waals surface area contributed by atoms with Crippen LogP contribution >= 0.6 is 0 Å². The fraction of sp³-hybridized carbons (Fsp3) is 0.455. The first kappa shape index (κ1) is 15.2. The molecule has 0 saturated carbocycles. The zero-order valence-corrected chi connectivity index (χ0v) is 11.5. The molecule has 0 spiro atoms. The van der Waals surface area contributed by atoms with E-state index in [1.807, 2.05) is 6.92 Å². The zero-order chi connectivity index (χ0) is 14.6. The molecule has 1 unspecified atom stereocenters. The largest absolute Gasteiger partial charge is 0.480 e. The van der Waals surface area contributed by atoms with Crippen LogP contribution in [0, 0.1) is 0 Å². The topological polar surface area (TPSA) is 105 Å². The van der Waals surface area contributed by atoms with E-state index in [-0.39, 0.29) is 11.2 Å². The first-order chi connectivity index (χ1) is 8.77. The van der Waals surface area contributed by atoms with Gasteiger partial charge in [-0.3, -0.25) is 14.3 Å². The second-order valence-corrected chi connectivity index (χ2v) is 6.08. The molecule has 1 rings (SSSR count). The lowest BCUT2D eigenvalue weighted by Gasteiger charge is -2.12. The standard InChI is InChI=1S/C11H16N2O5S/c1-3-6-13-7-9(4-5-10(13)14)12-19(17,18)8(2)11(15)16/h4-5,7-8,12H,3,6H2,1-2H3,(H,15,16). The van der Waals surface area contributed by atoms with Gasteiger partial charge in [-0.1, -0.05) is 6.92 Å². The molecule has 0 bridgehead atoms. The minimum atomic E-state index is -4.02. The monoisotopic (exact) mass is 288 g/mol. The van der Waals surface area contributed by atoms with Gasteiger partial charge < -0.3 is 9.67 Å². The lowest BCUT2D eigenvalue weighted by Crippen LogP contribution is -2.32. The molecule has 0 aliphatic rings. The summed E-state index contributed by atoms with van der Waals surface area (Å²) < 4.78 is 27.0. The third-order valence-electron chi connectivity index (χ3n) is 2.52. The van der Waals surface area contributed by atoms with E-state index in [0.29, 0.717) is 6.54 Å². The highest BCUT2D eigenvalue weighted by atomic mass is 32.2. The summed E-state index contributed by atoms with van der Waals surface area (Å²) in [5.74, 6) is -1.44. The quantitative estimate of drug-likeness (QED) is 0.791. The highest BCUT2D eigenvalue weighted by Crippen LogP contribution is 2.10. The molecule has 8 heteroatoms. The van der Waals surface area contributed by atoms with Crippen molar-refractivity contribution >= 4 is 21.7 Å². The van der Waals surface area contributed by atoms with Gasteiger partial charge in [0.1, 0.15) is 0 Å². The van der Waals surface area contributed by atoms with E-state index in [2.05, 4.69) is 4.72 Å². The summed E-state index contributed by atoms with van der Waals surface area (Å²) in [5.41, 5.74) is -0.0720. The van der Waals surface area contributed by atoms with Crippen LogP contribution in [-0.4, -0.2) is 29.3 Å². The summed E-state index contributed by atoms with van der Waals surface area (Å²) in [6.45, 7) is 3.42. The maximum atomic E-state index is 11.7. The van der Waals surface area contributed by atoms with E-state index in [1.54, 1.807) is 0 Å². The van der Waals surface area contributed by atoms with Crippen LogP contribution in [0.25, 0.3) is 0 Å². The molecule has 1 heterocycles. The van der Waals surface area contributed by atoms with Gasteiger partial charge in [-0.25, -0.2) is 8.42 Å². The van der Waals surface area contributed by atoms with Crippen LogP contribution in [0.5, 0.6) is 0 Å². The van der Waals surface area contributed by atoms with Crippen LogP contribution in [0.3, 0.4) is 0 Å². The van der Waals surface area contributed by atoms with Crippen molar-refractivity contribution in [2.75, 3.05) is 4.72 Å². The molecule has 0 aromatic carbocycles. The summed E-state index contributed by atoms with van der Waals surface area (Å²) in [6, 6.07) is 2.54. The summed E-state index contributed by atoms with van der Waals surface area (Å²) in [4.78, 5) is 22.1. The molecule has 0 aliphatic carbocycles. The molecule has 0 amide bonds. The number of aliphatic carboxylic acids is 1. The molecule has 19 heavy (non-hydrogen) atoms. The Bertz CT molecular complexity index is 620. The van der Waals surface area contributed by atoms with Gasteiger partial charge in [0, 0.05) is 18.8 Å². The Balaban J connectivity index is 3.03. The predicted octanol–water partition coefficient (Wildman–Crippen LogP) is 0.473. The van der Waals surface area contributed by atoms with E-state index in [4.69, 9.17) is 5.11 Å². The molecule has 1 aromatic heterocycles. The van der Waals surface area contributed by atoms with Crippen molar-refractivity contribution in [3.63, 3.8) is 0 Å². The van der Waals surface area contributed by atoms with E-state index >= 15 is 0 Å². The second kappa shape index (κ2) is 5.87. The maximum absolute atomic E-state index is 11.7. The number of rotatable bonds is 6. The van der Waals surface area contributed by atoms with E-state index < -0.39 is 21.2 Å². The lowest BCUT2D eigenvalue weighted by atomic mass is 10.4. The summed E-state index contributed by atoms with van der Waals surface area (Å²) in [7, 11) is -4.02. The molecule has 7 nitrogen and oxygen atoms in total.